The zero-order valence-electron chi connectivity index (χ0n) is 17.3. The average Bonchev–Trinajstić information content (AvgIpc) is 3.37. The van der Waals surface area contributed by atoms with Crippen LogP contribution in [0.25, 0.3) is 11.5 Å². The quantitative estimate of drug-likeness (QED) is 0.608. The molecule has 2 fully saturated rings. The number of thioether (sulfide) groups is 1. The van der Waals surface area contributed by atoms with Crippen LogP contribution >= 0.6 is 11.8 Å². The summed E-state index contributed by atoms with van der Waals surface area (Å²) in [6, 6.07) is 6.70. The molecule has 0 bridgehead atoms. The fourth-order valence-corrected chi connectivity index (χ4v) is 6.60. The van der Waals surface area contributed by atoms with Gasteiger partial charge in [-0.05, 0) is 50.2 Å². The molecule has 0 saturated carbocycles. The number of aromatic nitrogens is 2. The van der Waals surface area contributed by atoms with Gasteiger partial charge in [0, 0.05) is 11.6 Å². The van der Waals surface area contributed by atoms with E-state index in [1.807, 2.05) is 12.1 Å². The lowest BCUT2D eigenvalue weighted by Crippen LogP contribution is -2.52. The SMILES string of the molecule is COc1ccc(-c2nnc(SCC(=O)NC3CS(=O)(=O)CC3N3CCCCC3)o2)cc1. The van der Waals surface area contributed by atoms with Crippen LogP contribution in [0.5, 0.6) is 5.75 Å². The van der Waals surface area contributed by atoms with Gasteiger partial charge in [-0.15, -0.1) is 10.2 Å². The summed E-state index contributed by atoms with van der Waals surface area (Å²) >= 11 is 1.13. The van der Waals surface area contributed by atoms with Crippen molar-refractivity contribution in [2.75, 3.05) is 37.5 Å². The predicted octanol–water partition coefficient (Wildman–Crippen LogP) is 1.60. The van der Waals surface area contributed by atoms with E-state index in [-0.39, 0.29) is 40.5 Å². The Morgan fingerprint density at radius 1 is 1.19 bits per heavy atom. The van der Waals surface area contributed by atoms with Crippen molar-refractivity contribution in [2.24, 2.45) is 0 Å². The third kappa shape index (κ3) is 5.58. The Morgan fingerprint density at radius 3 is 2.65 bits per heavy atom. The fourth-order valence-electron chi connectivity index (χ4n) is 4.07. The van der Waals surface area contributed by atoms with Crippen molar-refractivity contribution in [3.05, 3.63) is 24.3 Å². The number of rotatable bonds is 7. The molecule has 1 N–H and O–H groups in total. The largest absolute Gasteiger partial charge is 0.497 e. The summed E-state index contributed by atoms with van der Waals surface area (Å²) in [5, 5.41) is 11.2. The number of likely N-dealkylation sites (tertiary alicyclic amines) is 1. The van der Waals surface area contributed by atoms with Crippen LogP contribution in [0, 0.1) is 0 Å². The van der Waals surface area contributed by atoms with Gasteiger partial charge in [0.25, 0.3) is 5.22 Å². The molecule has 2 aliphatic heterocycles. The molecular weight excluding hydrogens is 440 g/mol. The first-order valence-corrected chi connectivity index (χ1v) is 13.1. The minimum atomic E-state index is -3.15. The van der Waals surface area contributed by atoms with Crippen LogP contribution in [0.1, 0.15) is 19.3 Å². The molecule has 2 saturated heterocycles. The van der Waals surface area contributed by atoms with E-state index < -0.39 is 9.84 Å². The topological polar surface area (TPSA) is 115 Å². The number of carbonyl (C=O) groups excluding carboxylic acids is 1. The van der Waals surface area contributed by atoms with Gasteiger partial charge in [0.15, 0.2) is 9.84 Å². The van der Waals surface area contributed by atoms with Crippen LogP contribution in [0.3, 0.4) is 0 Å². The molecule has 2 aromatic rings. The number of nitrogens with one attached hydrogen (secondary N) is 1. The minimum Gasteiger partial charge on any atom is -0.497 e. The van der Waals surface area contributed by atoms with E-state index in [9.17, 15) is 13.2 Å². The molecular formula is C20H26N4O5S2. The molecule has 2 unspecified atom stereocenters. The zero-order chi connectivity index (χ0) is 21.8. The van der Waals surface area contributed by atoms with Gasteiger partial charge in [0.1, 0.15) is 5.75 Å². The Bertz CT molecular complexity index is 1000. The molecule has 2 atom stereocenters. The molecule has 1 aromatic carbocycles. The second-order valence-corrected chi connectivity index (χ2v) is 10.9. The highest BCUT2D eigenvalue weighted by Crippen LogP contribution is 2.26. The highest BCUT2D eigenvalue weighted by molar-refractivity contribution is 7.99. The first-order valence-electron chi connectivity index (χ1n) is 10.3. The second-order valence-electron chi connectivity index (χ2n) is 7.81. The summed E-state index contributed by atoms with van der Waals surface area (Å²) < 4.78 is 35.2. The third-order valence-corrected chi connectivity index (χ3v) is 8.13. The summed E-state index contributed by atoms with van der Waals surface area (Å²) in [4.78, 5) is 14.7. The van der Waals surface area contributed by atoms with E-state index in [1.165, 1.54) is 6.42 Å². The molecule has 9 nitrogen and oxygen atoms in total. The van der Waals surface area contributed by atoms with Gasteiger partial charge in [-0.2, -0.15) is 0 Å². The number of benzene rings is 1. The van der Waals surface area contributed by atoms with Gasteiger partial charge in [0.05, 0.1) is 30.4 Å². The van der Waals surface area contributed by atoms with Gasteiger partial charge >= 0.3 is 0 Å². The van der Waals surface area contributed by atoms with Gasteiger partial charge < -0.3 is 14.5 Å². The van der Waals surface area contributed by atoms with Gasteiger partial charge in [-0.1, -0.05) is 18.2 Å². The Kier molecular flexibility index (Phi) is 6.83. The van der Waals surface area contributed by atoms with E-state index in [0.717, 1.165) is 49.0 Å². The highest BCUT2D eigenvalue weighted by Gasteiger charge is 2.41. The Morgan fingerprint density at radius 2 is 1.94 bits per heavy atom. The van der Waals surface area contributed by atoms with Crippen molar-refractivity contribution < 1.29 is 22.4 Å². The molecule has 31 heavy (non-hydrogen) atoms. The maximum absolute atomic E-state index is 12.5. The van der Waals surface area contributed by atoms with Crippen LogP contribution in [-0.4, -0.2) is 79.0 Å². The molecule has 3 heterocycles. The lowest BCUT2D eigenvalue weighted by molar-refractivity contribution is -0.119. The molecule has 0 spiro atoms. The van der Waals surface area contributed by atoms with E-state index >= 15 is 0 Å². The van der Waals surface area contributed by atoms with Crippen LogP contribution < -0.4 is 10.1 Å². The molecule has 2 aliphatic rings. The molecule has 11 heteroatoms. The van der Waals surface area contributed by atoms with E-state index in [4.69, 9.17) is 9.15 Å². The van der Waals surface area contributed by atoms with Crippen LogP contribution in [0.15, 0.2) is 33.9 Å². The van der Waals surface area contributed by atoms with Gasteiger partial charge in [-0.3, -0.25) is 9.69 Å². The van der Waals surface area contributed by atoms with Gasteiger partial charge in [0.2, 0.25) is 11.8 Å². The van der Waals surface area contributed by atoms with Crippen molar-refractivity contribution in [1.29, 1.82) is 0 Å². The predicted molar refractivity (Wildman–Crippen MR) is 117 cm³/mol. The number of hydrogen-bond acceptors (Lipinski definition) is 9. The second kappa shape index (κ2) is 9.58. The smallest absolute Gasteiger partial charge is 0.277 e. The van der Waals surface area contributed by atoms with Crippen LogP contribution in [-0.2, 0) is 14.6 Å². The number of sulfone groups is 1. The number of hydrogen-bond donors (Lipinski definition) is 1. The lowest BCUT2D eigenvalue weighted by Gasteiger charge is -2.34. The van der Waals surface area contributed by atoms with Crippen molar-refractivity contribution >= 4 is 27.5 Å². The number of amides is 1. The lowest BCUT2D eigenvalue weighted by atomic mass is 10.1. The standard InChI is InChI=1S/C20H26N4O5S2/c1-28-15-7-5-14(6-8-15)19-22-23-20(29-19)30-11-18(25)21-16-12-31(26,27)13-17(16)24-9-3-2-4-10-24/h5-8,16-17H,2-4,9-13H2,1H3,(H,21,25). The van der Waals surface area contributed by atoms with E-state index in [1.54, 1.807) is 19.2 Å². The first kappa shape index (κ1) is 22.1. The Labute approximate surface area is 185 Å². The van der Waals surface area contributed by atoms with E-state index in [2.05, 4.69) is 20.4 Å². The molecule has 4 rings (SSSR count). The van der Waals surface area contributed by atoms with Crippen LogP contribution in [0.4, 0.5) is 0 Å². The van der Waals surface area contributed by atoms with Crippen molar-refractivity contribution in [1.82, 2.24) is 20.4 Å². The highest BCUT2D eigenvalue weighted by atomic mass is 32.2. The summed E-state index contributed by atoms with van der Waals surface area (Å²) in [6.45, 7) is 1.77. The van der Waals surface area contributed by atoms with Crippen molar-refractivity contribution in [3.8, 4) is 17.2 Å². The number of ether oxygens (including phenoxy) is 1. The van der Waals surface area contributed by atoms with Crippen LogP contribution in [0.2, 0.25) is 0 Å². The summed E-state index contributed by atoms with van der Waals surface area (Å²) in [5.74, 6) is 1.03. The van der Waals surface area contributed by atoms with Gasteiger partial charge in [-0.25, -0.2) is 8.42 Å². The summed E-state index contributed by atoms with van der Waals surface area (Å²) in [6.07, 6.45) is 3.31. The molecule has 168 valence electrons. The number of carbonyl (C=O) groups is 1. The average molecular weight is 467 g/mol. The molecule has 0 aliphatic carbocycles. The van der Waals surface area contributed by atoms with Crippen molar-refractivity contribution in [3.63, 3.8) is 0 Å². The summed E-state index contributed by atoms with van der Waals surface area (Å²) in [7, 11) is -1.56. The van der Waals surface area contributed by atoms with E-state index in [0.29, 0.717) is 5.89 Å². The number of methoxy groups -OCH3 is 1. The first-order chi connectivity index (χ1) is 14.9. The molecule has 1 aromatic heterocycles. The maximum Gasteiger partial charge on any atom is 0.277 e. The Hall–Kier alpha value is -2.11. The molecule has 1 amide bonds. The monoisotopic (exact) mass is 466 g/mol. The number of piperidine rings is 1. The van der Waals surface area contributed by atoms with Crippen molar-refractivity contribution in [2.45, 2.75) is 36.6 Å². The third-order valence-electron chi connectivity index (χ3n) is 5.60. The Balaban J connectivity index is 1.32. The molecule has 0 radical (unpaired) electrons. The normalized spacial score (nSPS) is 23.5. The summed E-state index contributed by atoms with van der Waals surface area (Å²) in [5.41, 5.74) is 0.755. The number of nitrogens with zero attached hydrogens (tertiary/aromatic N) is 3. The fraction of sp³-hybridized carbons (Fsp3) is 0.550. The maximum atomic E-state index is 12.5. The minimum absolute atomic E-state index is 0.00719. The zero-order valence-corrected chi connectivity index (χ0v) is 19.0.